The van der Waals surface area contributed by atoms with E-state index in [0.29, 0.717) is 11.3 Å². The molecule has 178 valence electrons. The van der Waals surface area contributed by atoms with Crippen molar-refractivity contribution in [3.8, 4) is 11.3 Å². The van der Waals surface area contributed by atoms with E-state index in [1.807, 2.05) is 0 Å². The molecule has 9 nitrogen and oxygen atoms in total. The van der Waals surface area contributed by atoms with Crippen LogP contribution in [0.25, 0.3) is 11.3 Å². The third-order valence-electron chi connectivity index (χ3n) is 5.21. The third-order valence-corrected chi connectivity index (χ3v) is 5.21. The lowest BCUT2D eigenvalue weighted by Gasteiger charge is -2.10. The number of aromatic nitrogens is 4. The maximum atomic E-state index is 14.0. The monoisotopic (exact) mass is 479 g/mol. The molecule has 4 rings (SSSR count). The third kappa shape index (κ3) is 5.29. The highest BCUT2D eigenvalue weighted by Crippen LogP contribution is 2.15. The quantitative estimate of drug-likeness (QED) is 0.417. The molecule has 2 N–H and O–H groups in total. The van der Waals surface area contributed by atoms with Crippen molar-refractivity contribution >= 4 is 5.91 Å². The van der Waals surface area contributed by atoms with Gasteiger partial charge in [0.15, 0.2) is 0 Å². The largest absolute Gasteiger partial charge is 0.350 e. The Kier molecular flexibility index (Phi) is 6.76. The number of rotatable bonds is 7. The first-order valence-electron chi connectivity index (χ1n) is 10.5. The molecule has 0 saturated heterocycles. The van der Waals surface area contributed by atoms with E-state index in [9.17, 15) is 28.0 Å². The van der Waals surface area contributed by atoms with Crippen LogP contribution in [0.4, 0.5) is 8.78 Å². The Balaban J connectivity index is 1.48. The minimum Gasteiger partial charge on any atom is -0.350 e. The van der Waals surface area contributed by atoms with Crippen molar-refractivity contribution in [2.24, 2.45) is 0 Å². The number of H-pyrrole nitrogens is 1. The Hall–Kier alpha value is -4.67. The summed E-state index contributed by atoms with van der Waals surface area (Å²) in [6, 6.07) is 14.1. The predicted octanol–water partition coefficient (Wildman–Crippen LogP) is 1.52. The number of halogens is 2. The zero-order valence-electron chi connectivity index (χ0n) is 18.2. The zero-order chi connectivity index (χ0) is 24.9. The average Bonchev–Trinajstić information content (AvgIpc) is 2.84. The second-order valence-corrected chi connectivity index (χ2v) is 7.53. The van der Waals surface area contributed by atoms with Crippen molar-refractivity contribution in [1.82, 2.24) is 24.6 Å². The molecule has 2 heterocycles. The zero-order valence-corrected chi connectivity index (χ0v) is 18.2. The van der Waals surface area contributed by atoms with Gasteiger partial charge in [0.2, 0.25) is 0 Å². The standard InChI is InChI=1S/C24H19F2N5O4/c25-17-7-5-15(6-8-17)20-9-10-21(32)31(29-20)12-11-27-22(33)18-13-28-24(35)30(23(18)34)14-16-3-1-2-4-19(16)26/h1-10,13H,11-12,14H2,(H,27,33)(H,28,35). The Morgan fingerprint density at radius 3 is 2.46 bits per heavy atom. The molecule has 0 bridgehead atoms. The highest BCUT2D eigenvalue weighted by Gasteiger charge is 2.16. The van der Waals surface area contributed by atoms with Gasteiger partial charge in [-0.2, -0.15) is 5.10 Å². The highest BCUT2D eigenvalue weighted by atomic mass is 19.1. The number of amides is 1. The van der Waals surface area contributed by atoms with Crippen molar-refractivity contribution in [2.45, 2.75) is 13.1 Å². The Morgan fingerprint density at radius 2 is 1.71 bits per heavy atom. The van der Waals surface area contributed by atoms with E-state index in [1.54, 1.807) is 6.07 Å². The molecule has 0 radical (unpaired) electrons. The molecule has 0 aliphatic rings. The topological polar surface area (TPSA) is 119 Å². The van der Waals surface area contributed by atoms with Gasteiger partial charge in [-0.3, -0.25) is 19.0 Å². The molecule has 35 heavy (non-hydrogen) atoms. The summed E-state index contributed by atoms with van der Waals surface area (Å²) < 4.78 is 29.0. The van der Waals surface area contributed by atoms with Gasteiger partial charge in [-0.1, -0.05) is 18.2 Å². The normalized spacial score (nSPS) is 10.8. The number of hydrogen-bond acceptors (Lipinski definition) is 5. The Morgan fingerprint density at radius 1 is 0.971 bits per heavy atom. The molecule has 2 aromatic carbocycles. The molecule has 11 heteroatoms. The number of carbonyl (C=O) groups excluding carboxylic acids is 1. The lowest BCUT2D eigenvalue weighted by molar-refractivity contribution is 0.0949. The van der Waals surface area contributed by atoms with E-state index in [-0.39, 0.29) is 30.8 Å². The minimum atomic E-state index is -0.886. The van der Waals surface area contributed by atoms with Crippen LogP contribution in [-0.2, 0) is 13.1 Å². The molecular weight excluding hydrogens is 460 g/mol. The fraction of sp³-hybridized carbons (Fsp3) is 0.125. The Labute approximate surface area is 196 Å². The first-order valence-corrected chi connectivity index (χ1v) is 10.5. The SMILES string of the molecule is O=C(NCCn1nc(-c2ccc(F)cc2)ccc1=O)c1c[nH]c(=O)n(Cc2ccccc2F)c1=O. The first-order chi connectivity index (χ1) is 16.8. The summed E-state index contributed by atoms with van der Waals surface area (Å²) >= 11 is 0. The summed E-state index contributed by atoms with van der Waals surface area (Å²) in [7, 11) is 0. The molecule has 1 amide bonds. The van der Waals surface area contributed by atoms with Gasteiger partial charge in [-0.15, -0.1) is 0 Å². The van der Waals surface area contributed by atoms with Crippen LogP contribution in [0.2, 0.25) is 0 Å². The predicted molar refractivity (Wildman–Crippen MR) is 123 cm³/mol. The van der Waals surface area contributed by atoms with E-state index >= 15 is 0 Å². The number of carbonyl (C=O) groups is 1. The molecular formula is C24H19F2N5O4. The van der Waals surface area contributed by atoms with Gasteiger partial charge < -0.3 is 10.3 Å². The maximum Gasteiger partial charge on any atom is 0.328 e. The maximum absolute atomic E-state index is 14.0. The van der Waals surface area contributed by atoms with E-state index in [1.165, 1.54) is 54.6 Å². The molecule has 0 saturated carbocycles. The van der Waals surface area contributed by atoms with E-state index in [0.717, 1.165) is 15.4 Å². The summed E-state index contributed by atoms with van der Waals surface area (Å²) in [5, 5.41) is 6.73. The summed E-state index contributed by atoms with van der Waals surface area (Å²) in [5.74, 6) is -1.77. The molecule has 2 aromatic heterocycles. The van der Waals surface area contributed by atoms with E-state index in [2.05, 4.69) is 15.4 Å². The van der Waals surface area contributed by atoms with E-state index < -0.39 is 34.3 Å². The average molecular weight is 479 g/mol. The molecule has 4 aromatic rings. The fourth-order valence-corrected chi connectivity index (χ4v) is 3.37. The second-order valence-electron chi connectivity index (χ2n) is 7.53. The minimum absolute atomic E-state index is 0.00756. The van der Waals surface area contributed by atoms with Crippen LogP contribution in [0.1, 0.15) is 15.9 Å². The lowest BCUT2D eigenvalue weighted by atomic mass is 10.1. The fourth-order valence-electron chi connectivity index (χ4n) is 3.37. The first kappa shape index (κ1) is 23.5. The van der Waals surface area contributed by atoms with Crippen LogP contribution in [0.5, 0.6) is 0 Å². The number of hydrogen-bond donors (Lipinski definition) is 2. The van der Waals surface area contributed by atoms with Gasteiger partial charge in [0.1, 0.15) is 17.2 Å². The van der Waals surface area contributed by atoms with Gasteiger partial charge in [-0.25, -0.2) is 18.3 Å². The van der Waals surface area contributed by atoms with Crippen molar-refractivity contribution in [1.29, 1.82) is 0 Å². The van der Waals surface area contributed by atoms with Crippen molar-refractivity contribution in [3.05, 3.63) is 121 Å². The second kappa shape index (κ2) is 10.1. The van der Waals surface area contributed by atoms with Crippen molar-refractivity contribution in [3.63, 3.8) is 0 Å². The Bertz CT molecular complexity index is 1560. The molecule has 0 fully saturated rings. The van der Waals surface area contributed by atoms with Gasteiger partial charge in [0.25, 0.3) is 17.0 Å². The van der Waals surface area contributed by atoms with Crippen LogP contribution < -0.4 is 22.1 Å². The number of nitrogens with zero attached hydrogens (tertiary/aromatic N) is 3. The molecule has 0 unspecified atom stereocenters. The lowest BCUT2D eigenvalue weighted by Crippen LogP contribution is -2.41. The molecule has 0 aliphatic heterocycles. The van der Waals surface area contributed by atoms with Gasteiger partial charge in [-0.05, 0) is 36.4 Å². The summed E-state index contributed by atoms with van der Waals surface area (Å²) in [4.78, 5) is 51.9. The summed E-state index contributed by atoms with van der Waals surface area (Å²) in [6.45, 7) is -0.408. The summed E-state index contributed by atoms with van der Waals surface area (Å²) in [6.07, 6.45) is 0.984. The molecule has 0 aliphatic carbocycles. The number of aromatic amines is 1. The van der Waals surface area contributed by atoms with Crippen LogP contribution in [0.3, 0.4) is 0 Å². The van der Waals surface area contributed by atoms with Gasteiger partial charge in [0, 0.05) is 29.9 Å². The van der Waals surface area contributed by atoms with Crippen LogP contribution in [0.15, 0.2) is 81.2 Å². The smallest absolute Gasteiger partial charge is 0.328 e. The molecule has 0 atom stereocenters. The van der Waals surface area contributed by atoms with Crippen molar-refractivity contribution < 1.29 is 13.6 Å². The summed E-state index contributed by atoms with van der Waals surface area (Å²) in [5.41, 5.74) is -1.28. The van der Waals surface area contributed by atoms with Crippen LogP contribution in [-0.4, -0.2) is 31.8 Å². The van der Waals surface area contributed by atoms with Crippen molar-refractivity contribution in [2.75, 3.05) is 6.54 Å². The highest BCUT2D eigenvalue weighted by molar-refractivity contribution is 5.93. The number of benzene rings is 2. The molecule has 0 spiro atoms. The van der Waals surface area contributed by atoms with Gasteiger partial charge in [0.05, 0.1) is 18.8 Å². The van der Waals surface area contributed by atoms with Gasteiger partial charge >= 0.3 is 5.69 Å². The van der Waals surface area contributed by atoms with Crippen LogP contribution in [0, 0.1) is 11.6 Å². The van der Waals surface area contributed by atoms with E-state index in [4.69, 9.17) is 0 Å². The number of nitrogens with one attached hydrogen (secondary N) is 2. The van der Waals surface area contributed by atoms with Crippen LogP contribution >= 0.6 is 0 Å².